The predicted molar refractivity (Wildman–Crippen MR) is 94.8 cm³/mol. The van der Waals surface area contributed by atoms with Gasteiger partial charge in [0.05, 0.1) is 4.90 Å². The molecule has 2 aromatic rings. The Bertz CT molecular complexity index is 734. The van der Waals surface area contributed by atoms with Crippen molar-refractivity contribution in [3.8, 4) is 11.5 Å². The van der Waals surface area contributed by atoms with Crippen LogP contribution in [0.4, 0.5) is 0 Å². The topological polar surface area (TPSA) is 55.4 Å². The predicted octanol–water partition coefficient (Wildman–Crippen LogP) is 4.48. The quantitative estimate of drug-likeness (QED) is 0.813. The van der Waals surface area contributed by atoms with Gasteiger partial charge in [-0.25, -0.2) is 13.1 Å². The molecule has 0 atom stereocenters. The summed E-state index contributed by atoms with van der Waals surface area (Å²) in [4.78, 5) is 0.284. The molecule has 1 aliphatic carbocycles. The highest BCUT2D eigenvalue weighted by atomic mass is 32.2. The van der Waals surface area contributed by atoms with Gasteiger partial charge in [-0.3, -0.25) is 0 Å². The summed E-state index contributed by atoms with van der Waals surface area (Å²) >= 11 is 0. The number of ether oxygens (including phenoxy) is 1. The first-order valence-corrected chi connectivity index (χ1v) is 9.97. The molecular weight excluding hydrogens is 322 g/mol. The fourth-order valence-electron chi connectivity index (χ4n) is 3.00. The van der Waals surface area contributed by atoms with E-state index in [1.54, 1.807) is 24.3 Å². The Labute approximate surface area is 143 Å². The van der Waals surface area contributed by atoms with Crippen molar-refractivity contribution in [3.05, 3.63) is 54.6 Å². The number of para-hydroxylation sites is 1. The molecule has 4 nitrogen and oxygen atoms in total. The maximum Gasteiger partial charge on any atom is 0.240 e. The second kappa shape index (κ2) is 7.81. The van der Waals surface area contributed by atoms with Crippen LogP contribution in [0.5, 0.6) is 11.5 Å². The SMILES string of the molecule is O=S(=O)(NC1CCCCCC1)c1ccc(Oc2ccccc2)cc1. The molecule has 0 radical (unpaired) electrons. The van der Waals surface area contributed by atoms with Gasteiger partial charge in [-0.1, -0.05) is 43.9 Å². The Morgan fingerprint density at radius 2 is 1.38 bits per heavy atom. The summed E-state index contributed by atoms with van der Waals surface area (Å²) in [6.07, 6.45) is 6.43. The number of hydrogen-bond acceptors (Lipinski definition) is 3. The third-order valence-corrected chi connectivity index (χ3v) is 5.83. The van der Waals surface area contributed by atoms with Gasteiger partial charge in [-0.05, 0) is 49.2 Å². The van der Waals surface area contributed by atoms with Gasteiger partial charge in [-0.15, -0.1) is 0 Å². The number of hydrogen-bond donors (Lipinski definition) is 1. The molecule has 128 valence electrons. The zero-order valence-corrected chi connectivity index (χ0v) is 14.5. The van der Waals surface area contributed by atoms with Crippen molar-refractivity contribution in [2.24, 2.45) is 0 Å². The van der Waals surface area contributed by atoms with Crippen LogP contribution in [0.2, 0.25) is 0 Å². The lowest BCUT2D eigenvalue weighted by molar-refractivity contribution is 0.482. The zero-order chi connectivity index (χ0) is 16.8. The highest BCUT2D eigenvalue weighted by Crippen LogP contribution is 2.24. The molecule has 0 aliphatic heterocycles. The minimum atomic E-state index is -3.47. The molecule has 0 heterocycles. The fraction of sp³-hybridized carbons (Fsp3) is 0.368. The Hall–Kier alpha value is -1.85. The zero-order valence-electron chi connectivity index (χ0n) is 13.6. The van der Waals surface area contributed by atoms with Crippen LogP contribution in [0.15, 0.2) is 59.5 Å². The molecule has 0 aromatic heterocycles. The summed E-state index contributed by atoms with van der Waals surface area (Å²) < 4.78 is 33.6. The lowest BCUT2D eigenvalue weighted by atomic mass is 10.1. The van der Waals surface area contributed by atoms with Crippen LogP contribution >= 0.6 is 0 Å². The van der Waals surface area contributed by atoms with Crippen molar-refractivity contribution >= 4 is 10.0 Å². The van der Waals surface area contributed by atoms with Gasteiger partial charge in [0.15, 0.2) is 0 Å². The monoisotopic (exact) mass is 345 g/mol. The van der Waals surface area contributed by atoms with Crippen LogP contribution in [0.1, 0.15) is 38.5 Å². The normalized spacial score (nSPS) is 16.5. The summed E-state index contributed by atoms with van der Waals surface area (Å²) in [6.45, 7) is 0. The van der Waals surface area contributed by atoms with Crippen molar-refractivity contribution in [2.45, 2.75) is 49.5 Å². The van der Waals surface area contributed by atoms with E-state index >= 15 is 0 Å². The van der Waals surface area contributed by atoms with Crippen LogP contribution in [-0.4, -0.2) is 14.5 Å². The van der Waals surface area contributed by atoms with Gasteiger partial charge in [0, 0.05) is 6.04 Å². The Morgan fingerprint density at radius 1 is 0.792 bits per heavy atom. The average molecular weight is 345 g/mol. The van der Waals surface area contributed by atoms with E-state index in [2.05, 4.69) is 4.72 Å². The summed E-state index contributed by atoms with van der Waals surface area (Å²) in [5.41, 5.74) is 0. The van der Waals surface area contributed by atoms with Crippen molar-refractivity contribution in [1.82, 2.24) is 4.72 Å². The van der Waals surface area contributed by atoms with Crippen molar-refractivity contribution in [2.75, 3.05) is 0 Å². The molecule has 0 saturated heterocycles. The van der Waals surface area contributed by atoms with Crippen molar-refractivity contribution in [1.29, 1.82) is 0 Å². The van der Waals surface area contributed by atoms with Crippen LogP contribution in [0.25, 0.3) is 0 Å². The molecule has 1 aliphatic rings. The smallest absolute Gasteiger partial charge is 0.240 e. The number of rotatable bonds is 5. The molecule has 3 rings (SSSR count). The second-order valence-corrected chi connectivity index (χ2v) is 7.91. The molecule has 0 unspecified atom stereocenters. The minimum Gasteiger partial charge on any atom is -0.457 e. The summed E-state index contributed by atoms with van der Waals surface area (Å²) in [5.74, 6) is 1.35. The second-order valence-electron chi connectivity index (χ2n) is 6.20. The standard InChI is InChI=1S/C19H23NO3S/c21-24(22,20-16-8-4-1-2-5-9-16)19-14-12-18(13-15-19)23-17-10-6-3-7-11-17/h3,6-7,10-16,20H,1-2,4-5,8-9H2. The number of benzene rings is 2. The first-order chi connectivity index (χ1) is 11.6. The number of sulfonamides is 1. The molecule has 2 aromatic carbocycles. The van der Waals surface area contributed by atoms with Gasteiger partial charge in [0.2, 0.25) is 10.0 Å². The first-order valence-electron chi connectivity index (χ1n) is 8.49. The van der Waals surface area contributed by atoms with Gasteiger partial charge >= 0.3 is 0 Å². The molecule has 0 spiro atoms. The fourth-order valence-corrected chi connectivity index (χ4v) is 4.30. The van der Waals surface area contributed by atoms with E-state index in [4.69, 9.17) is 4.74 Å². The first kappa shape index (κ1) is 17.0. The van der Waals surface area contributed by atoms with Gasteiger partial charge in [-0.2, -0.15) is 0 Å². The third kappa shape index (κ3) is 4.58. The lowest BCUT2D eigenvalue weighted by Crippen LogP contribution is -2.34. The van der Waals surface area contributed by atoms with Crippen LogP contribution in [0, 0.1) is 0 Å². The molecule has 1 saturated carbocycles. The molecule has 0 bridgehead atoms. The molecule has 1 fully saturated rings. The van der Waals surface area contributed by atoms with Crippen LogP contribution in [-0.2, 0) is 10.0 Å². The van der Waals surface area contributed by atoms with E-state index in [1.807, 2.05) is 30.3 Å². The maximum absolute atomic E-state index is 12.5. The molecular formula is C19H23NO3S. The van der Waals surface area contributed by atoms with Crippen molar-refractivity contribution < 1.29 is 13.2 Å². The Kier molecular flexibility index (Phi) is 5.53. The van der Waals surface area contributed by atoms with E-state index in [9.17, 15) is 8.42 Å². The molecule has 0 amide bonds. The van der Waals surface area contributed by atoms with Crippen LogP contribution in [0.3, 0.4) is 0 Å². The Balaban J connectivity index is 1.67. The summed E-state index contributed by atoms with van der Waals surface area (Å²) in [5, 5.41) is 0. The van der Waals surface area contributed by atoms with Crippen molar-refractivity contribution in [3.63, 3.8) is 0 Å². The number of nitrogens with one attached hydrogen (secondary N) is 1. The largest absolute Gasteiger partial charge is 0.457 e. The van der Waals surface area contributed by atoms with E-state index in [1.165, 1.54) is 12.8 Å². The third-order valence-electron chi connectivity index (χ3n) is 4.29. The molecule has 1 N–H and O–H groups in total. The Morgan fingerprint density at radius 3 is 2.00 bits per heavy atom. The van der Waals surface area contributed by atoms with E-state index in [0.29, 0.717) is 5.75 Å². The van der Waals surface area contributed by atoms with Gasteiger partial charge in [0.1, 0.15) is 11.5 Å². The lowest BCUT2D eigenvalue weighted by Gasteiger charge is -2.16. The van der Waals surface area contributed by atoms with Crippen LogP contribution < -0.4 is 9.46 Å². The summed E-state index contributed by atoms with van der Waals surface area (Å²) in [6, 6.07) is 16.0. The van der Waals surface area contributed by atoms with Gasteiger partial charge < -0.3 is 4.74 Å². The summed E-state index contributed by atoms with van der Waals surface area (Å²) in [7, 11) is -3.47. The minimum absolute atomic E-state index is 0.0535. The molecule has 24 heavy (non-hydrogen) atoms. The molecule has 5 heteroatoms. The average Bonchev–Trinajstić information content (AvgIpc) is 2.84. The maximum atomic E-state index is 12.5. The van der Waals surface area contributed by atoms with Gasteiger partial charge in [0.25, 0.3) is 0 Å². The highest BCUT2D eigenvalue weighted by molar-refractivity contribution is 7.89. The van der Waals surface area contributed by atoms with E-state index < -0.39 is 10.0 Å². The van der Waals surface area contributed by atoms with E-state index in [0.717, 1.165) is 31.4 Å². The highest BCUT2D eigenvalue weighted by Gasteiger charge is 2.21. The van der Waals surface area contributed by atoms with E-state index in [-0.39, 0.29) is 10.9 Å².